The number of carbonyl (C=O) groups excluding carboxylic acids is 4. The van der Waals surface area contributed by atoms with E-state index in [1.54, 1.807) is 27.7 Å². The molecule has 0 spiro atoms. The van der Waals surface area contributed by atoms with E-state index in [0.717, 1.165) is 24.8 Å². The van der Waals surface area contributed by atoms with Crippen LogP contribution in [0.1, 0.15) is 167 Å². The number of hydrogen-bond acceptors (Lipinski definition) is 16. The van der Waals surface area contributed by atoms with E-state index in [2.05, 4.69) is 43.6 Å². The van der Waals surface area contributed by atoms with Crippen molar-refractivity contribution in [1.82, 2.24) is 16.0 Å². The Morgan fingerprint density at radius 3 is 1.61 bits per heavy atom. The standard InChI is InChI=1S/C60H95N3O19/c1-14-27(4)35(49(72)73)61-47(70)43-39(66)38(65)42(69)52(80-43)82-45-41(68)40(67)44(48(71)62-36(50(74)75)28(5)15-2)81-53(45)79-34-18-19-58(11)33(55(34,7)8)17-20-60(13)46(58)32(64)25-30-31-26-57(10,22-21-56(31,9)23-24-59(30,60)12)54(78)63-37(51(76)77)29(6)16-3/h25,27-29,31,33-46,52-53,65-69H,14-24,26H2,1-13H3,(H,61,70)(H,62,71)(H,63,78)(H,72,73)(H,74,75)(H,76,77)/t27-,28-,29-,31-,33-,34-,35-,36-,37-,38-,39-,40-,41-,42+,43-,44-,45+,46+,52-,53-,56+,57-,58-,59+,60+/m0/s1. The predicted molar refractivity (Wildman–Crippen MR) is 294 cm³/mol. The van der Waals surface area contributed by atoms with Crippen molar-refractivity contribution < 1.29 is 93.4 Å². The van der Waals surface area contributed by atoms with Gasteiger partial charge in [-0.2, -0.15) is 0 Å². The number of aliphatic carboxylic acids is 3. The summed E-state index contributed by atoms with van der Waals surface area (Å²) in [7, 11) is 0. The molecule has 4 saturated carbocycles. The van der Waals surface area contributed by atoms with E-state index in [1.807, 2.05) is 40.7 Å². The number of aliphatic hydroxyl groups excluding tert-OH is 5. The maximum Gasteiger partial charge on any atom is 0.326 e. The minimum Gasteiger partial charge on any atom is -0.480 e. The Kier molecular flexibility index (Phi) is 19.1. The number of nitrogens with one attached hydrogen (secondary N) is 3. The van der Waals surface area contributed by atoms with Gasteiger partial charge in [0.05, 0.1) is 6.10 Å². The molecule has 6 fully saturated rings. The lowest BCUT2D eigenvalue weighted by Crippen LogP contribution is -2.69. The van der Waals surface area contributed by atoms with Crippen LogP contribution in [0.3, 0.4) is 0 Å². The topological polar surface area (TPSA) is 354 Å². The number of allylic oxidation sites excluding steroid dienone is 2. The van der Waals surface area contributed by atoms with Crippen LogP contribution in [0, 0.1) is 68.0 Å². The van der Waals surface area contributed by atoms with E-state index in [0.29, 0.717) is 57.8 Å². The van der Waals surface area contributed by atoms with E-state index in [4.69, 9.17) is 18.9 Å². The molecular formula is C60H95N3O19. The molecule has 464 valence electrons. The molecule has 0 bridgehead atoms. The first kappa shape index (κ1) is 65.4. The average molecular weight is 1160 g/mol. The highest BCUT2D eigenvalue weighted by atomic mass is 16.8. The molecule has 82 heavy (non-hydrogen) atoms. The lowest BCUT2D eigenvalue weighted by Gasteiger charge is -2.70. The summed E-state index contributed by atoms with van der Waals surface area (Å²) in [6, 6.07) is -3.90. The molecule has 0 aromatic heterocycles. The van der Waals surface area contributed by atoms with Crippen LogP contribution in [0.15, 0.2) is 11.6 Å². The summed E-state index contributed by atoms with van der Waals surface area (Å²) >= 11 is 0. The molecule has 7 rings (SSSR count). The Hall–Kier alpha value is -4.13. The summed E-state index contributed by atoms with van der Waals surface area (Å²) in [6.45, 7) is 25.2. The number of hydrogen-bond donors (Lipinski definition) is 11. The summed E-state index contributed by atoms with van der Waals surface area (Å²) in [5.74, 6) is -8.54. The number of carboxylic acids is 3. The summed E-state index contributed by atoms with van der Waals surface area (Å²) in [5.41, 5.74) is -2.41. The predicted octanol–water partition coefficient (Wildman–Crippen LogP) is 3.84. The van der Waals surface area contributed by atoms with Gasteiger partial charge in [-0.1, -0.05) is 115 Å². The smallest absolute Gasteiger partial charge is 0.326 e. The quantitative estimate of drug-likeness (QED) is 0.0819. The monoisotopic (exact) mass is 1160 g/mol. The number of rotatable bonds is 19. The lowest BCUT2D eigenvalue weighted by molar-refractivity contribution is -0.369. The van der Waals surface area contributed by atoms with E-state index in [9.17, 15) is 69.6 Å². The van der Waals surface area contributed by atoms with Crippen LogP contribution in [0.5, 0.6) is 0 Å². The Bertz CT molecular complexity index is 2470. The first-order valence-electron chi connectivity index (χ1n) is 29.9. The second-order valence-corrected chi connectivity index (χ2v) is 27.7. The fourth-order valence-electron chi connectivity index (χ4n) is 16.2. The molecule has 5 aliphatic carbocycles. The number of ether oxygens (including phenoxy) is 4. The first-order chi connectivity index (χ1) is 38.0. The number of fused-ring (bicyclic) bond motifs is 7. The van der Waals surface area contributed by atoms with Crippen LogP contribution >= 0.6 is 0 Å². The lowest BCUT2D eigenvalue weighted by atomic mass is 9.33. The maximum absolute atomic E-state index is 15.4. The summed E-state index contributed by atoms with van der Waals surface area (Å²) in [4.78, 5) is 94.2. The summed E-state index contributed by atoms with van der Waals surface area (Å²) in [5, 5.41) is 94.8. The first-order valence-corrected chi connectivity index (χ1v) is 29.9. The number of carboxylic acid groups (broad SMARTS) is 3. The van der Waals surface area contributed by atoms with Crippen molar-refractivity contribution in [2.75, 3.05) is 0 Å². The molecule has 22 nitrogen and oxygen atoms in total. The van der Waals surface area contributed by atoms with Crippen molar-refractivity contribution in [1.29, 1.82) is 0 Å². The van der Waals surface area contributed by atoms with Gasteiger partial charge >= 0.3 is 17.9 Å². The zero-order valence-electron chi connectivity index (χ0n) is 50.2. The molecule has 2 saturated heterocycles. The third kappa shape index (κ3) is 11.3. The molecule has 0 radical (unpaired) electrons. The Morgan fingerprint density at radius 2 is 1.10 bits per heavy atom. The van der Waals surface area contributed by atoms with Crippen LogP contribution < -0.4 is 16.0 Å². The van der Waals surface area contributed by atoms with Crippen molar-refractivity contribution in [2.45, 2.75) is 253 Å². The molecule has 25 atom stereocenters. The van der Waals surface area contributed by atoms with Gasteiger partial charge in [-0.3, -0.25) is 19.2 Å². The Balaban J connectivity index is 1.19. The van der Waals surface area contributed by atoms with Gasteiger partial charge in [0.15, 0.2) is 30.6 Å². The number of carbonyl (C=O) groups is 7. The second-order valence-electron chi connectivity index (χ2n) is 27.7. The van der Waals surface area contributed by atoms with Gasteiger partial charge in [-0.15, -0.1) is 0 Å². The van der Waals surface area contributed by atoms with Gasteiger partial charge in [0.25, 0.3) is 11.8 Å². The highest BCUT2D eigenvalue weighted by Crippen LogP contribution is 2.75. The molecule has 2 aliphatic heterocycles. The molecule has 7 aliphatic rings. The van der Waals surface area contributed by atoms with Crippen LogP contribution in [-0.2, 0) is 52.5 Å². The second kappa shape index (κ2) is 24.0. The fraction of sp³-hybridized carbons (Fsp3) is 0.850. The average Bonchev–Trinajstić information content (AvgIpc) is 1.43. The van der Waals surface area contributed by atoms with Gasteiger partial charge in [-0.25, -0.2) is 14.4 Å². The van der Waals surface area contributed by atoms with Gasteiger partial charge in [0.1, 0.15) is 54.7 Å². The molecule has 0 unspecified atom stereocenters. The van der Waals surface area contributed by atoms with Crippen molar-refractivity contribution in [3.8, 4) is 0 Å². The van der Waals surface area contributed by atoms with Gasteiger partial charge in [0, 0.05) is 11.3 Å². The number of aliphatic hydroxyl groups is 5. The SMILES string of the molecule is CC[C@H](C)[C@H](NC(=O)[C@H]1O[C@@H](O[C@H]2[C@@H](O[C@H]3CC[C@]4(C)[C@H]5C(=O)C=C6[C@@H]7C[C@@](C)(C(=O)N[C@H](C(=O)O)[C@@H](C)CC)CC[C@]7(C)CC[C@@]6(C)[C@]5(C)CC[C@H]4C3(C)C)O[C@H](C(=O)N[C@H](C(=O)O)[C@@H](C)CC)[C@@H](O)[C@@H]2O)[C@H](O)[C@@H](O)[C@@H]1O)C(=O)O. The van der Waals surface area contributed by atoms with Crippen molar-refractivity contribution in [3.63, 3.8) is 0 Å². The highest BCUT2D eigenvalue weighted by Gasteiger charge is 2.71. The summed E-state index contributed by atoms with van der Waals surface area (Å²) in [6.07, 6.45) is -12.5. The van der Waals surface area contributed by atoms with Crippen molar-refractivity contribution in [2.24, 2.45) is 68.0 Å². The number of ketones is 1. The minimum atomic E-state index is -2.14. The van der Waals surface area contributed by atoms with E-state index >= 15 is 4.79 Å². The van der Waals surface area contributed by atoms with E-state index in [-0.39, 0.29) is 34.9 Å². The molecule has 11 N–H and O–H groups in total. The summed E-state index contributed by atoms with van der Waals surface area (Å²) < 4.78 is 25.1. The zero-order valence-corrected chi connectivity index (χ0v) is 50.2. The molecule has 2 heterocycles. The Labute approximate surface area is 481 Å². The molecular weight excluding hydrogens is 1070 g/mol. The molecule has 22 heteroatoms. The fourth-order valence-corrected chi connectivity index (χ4v) is 16.2. The molecule has 3 amide bonds. The van der Waals surface area contributed by atoms with Gasteiger partial charge < -0.3 is 75.8 Å². The van der Waals surface area contributed by atoms with Crippen LogP contribution in [-0.4, -0.2) is 168 Å². The molecule has 0 aromatic carbocycles. The highest BCUT2D eigenvalue weighted by molar-refractivity contribution is 5.96. The van der Waals surface area contributed by atoms with Crippen LogP contribution in [0.25, 0.3) is 0 Å². The van der Waals surface area contributed by atoms with Gasteiger partial charge in [0.2, 0.25) is 5.91 Å². The maximum atomic E-state index is 15.4. The molecule has 0 aromatic rings. The Morgan fingerprint density at radius 1 is 0.610 bits per heavy atom. The minimum absolute atomic E-state index is 0.0109. The number of amides is 3. The normalized spacial score (nSPS) is 42.8. The van der Waals surface area contributed by atoms with E-state index < -0.39 is 160 Å². The van der Waals surface area contributed by atoms with Crippen molar-refractivity contribution in [3.05, 3.63) is 11.6 Å². The van der Waals surface area contributed by atoms with Crippen LogP contribution in [0.4, 0.5) is 0 Å². The largest absolute Gasteiger partial charge is 0.480 e. The zero-order chi connectivity index (χ0) is 61.3. The van der Waals surface area contributed by atoms with Gasteiger partial charge in [-0.05, 0) is 121 Å². The van der Waals surface area contributed by atoms with Crippen LogP contribution in [0.2, 0.25) is 0 Å². The van der Waals surface area contributed by atoms with Crippen molar-refractivity contribution >= 4 is 41.4 Å². The third-order valence-electron chi connectivity index (χ3n) is 22.6. The van der Waals surface area contributed by atoms with E-state index in [1.165, 1.54) is 0 Å². The third-order valence-corrected chi connectivity index (χ3v) is 22.6.